The highest BCUT2D eigenvalue weighted by atomic mass is 35.5. The van der Waals surface area contributed by atoms with Crippen LogP contribution in [-0.4, -0.2) is 14.5 Å². The van der Waals surface area contributed by atoms with Gasteiger partial charge in [0, 0.05) is 24.0 Å². The molecule has 0 aliphatic rings. The van der Waals surface area contributed by atoms with Crippen LogP contribution in [0.1, 0.15) is 0 Å². The van der Waals surface area contributed by atoms with E-state index in [1.165, 1.54) is 0 Å². The van der Waals surface area contributed by atoms with E-state index in [4.69, 9.17) is 11.6 Å². The molecular weight excluding hydrogens is 222 g/mol. The van der Waals surface area contributed by atoms with Crippen LogP contribution in [-0.2, 0) is 0 Å². The summed E-state index contributed by atoms with van der Waals surface area (Å²) >= 11 is 6.09. The van der Waals surface area contributed by atoms with Gasteiger partial charge < -0.3 is 0 Å². The molecule has 0 unspecified atom stereocenters. The van der Waals surface area contributed by atoms with E-state index >= 15 is 0 Å². The topological polar surface area (TPSA) is 30.7 Å². The molecule has 3 aromatic rings. The lowest BCUT2D eigenvalue weighted by atomic mass is 10.3. The van der Waals surface area contributed by atoms with Crippen molar-refractivity contribution in [2.24, 2.45) is 0 Å². The first-order valence-electron chi connectivity index (χ1n) is 4.88. The van der Waals surface area contributed by atoms with Gasteiger partial charge in [0.25, 0.3) is 0 Å². The van der Waals surface area contributed by atoms with E-state index < -0.39 is 0 Å². The largest absolute Gasteiger partial charge is 0.300 e. The zero-order valence-corrected chi connectivity index (χ0v) is 9.09. The number of halogens is 1. The van der Waals surface area contributed by atoms with E-state index in [0.717, 1.165) is 16.7 Å². The van der Waals surface area contributed by atoms with Crippen molar-refractivity contribution in [3.63, 3.8) is 0 Å². The normalized spacial score (nSPS) is 10.8. The Kier molecular flexibility index (Phi) is 2.11. The van der Waals surface area contributed by atoms with Gasteiger partial charge in [0.1, 0.15) is 5.65 Å². The molecule has 3 nitrogen and oxygen atoms in total. The quantitative estimate of drug-likeness (QED) is 0.642. The monoisotopic (exact) mass is 229 g/mol. The predicted octanol–water partition coefficient (Wildman–Crippen LogP) is 3.07. The van der Waals surface area contributed by atoms with Crippen molar-refractivity contribution in [1.29, 1.82) is 0 Å². The first kappa shape index (κ1) is 9.36. The molecule has 0 spiro atoms. The van der Waals surface area contributed by atoms with Crippen molar-refractivity contribution in [3.8, 4) is 5.69 Å². The maximum absolute atomic E-state index is 6.09. The van der Waals surface area contributed by atoms with Crippen LogP contribution in [0.5, 0.6) is 0 Å². The molecule has 0 atom stereocenters. The molecule has 0 saturated carbocycles. The Labute approximate surface area is 97.3 Å². The minimum atomic E-state index is 0.715. The fourth-order valence-corrected chi connectivity index (χ4v) is 1.91. The van der Waals surface area contributed by atoms with Crippen LogP contribution in [0, 0.1) is 0 Å². The molecule has 0 bridgehead atoms. The number of hydrogen-bond donors (Lipinski definition) is 0. The van der Waals surface area contributed by atoms with Gasteiger partial charge in [0.2, 0.25) is 0 Å². The van der Waals surface area contributed by atoms with E-state index in [9.17, 15) is 0 Å². The zero-order chi connectivity index (χ0) is 11.0. The molecule has 0 amide bonds. The first-order chi connectivity index (χ1) is 7.86. The third-order valence-corrected chi connectivity index (χ3v) is 2.79. The van der Waals surface area contributed by atoms with Gasteiger partial charge in [0.05, 0.1) is 16.9 Å². The van der Waals surface area contributed by atoms with E-state index in [1.54, 1.807) is 24.7 Å². The Bertz CT molecular complexity index is 631. The molecule has 3 rings (SSSR count). The molecule has 0 fully saturated rings. The second-order valence-electron chi connectivity index (χ2n) is 3.43. The SMILES string of the molecule is Clc1ccnc2c1ccn2-c1cccnc1. The predicted molar refractivity (Wildman–Crippen MR) is 63.9 cm³/mol. The third-order valence-electron chi connectivity index (χ3n) is 2.46. The fourth-order valence-electron chi connectivity index (χ4n) is 1.71. The van der Waals surface area contributed by atoms with Crippen LogP contribution in [0.15, 0.2) is 49.1 Å². The maximum atomic E-state index is 6.09. The minimum Gasteiger partial charge on any atom is -0.300 e. The average Bonchev–Trinajstić information content (AvgIpc) is 2.75. The Morgan fingerprint density at radius 2 is 2.06 bits per heavy atom. The van der Waals surface area contributed by atoms with E-state index in [0.29, 0.717) is 5.02 Å². The van der Waals surface area contributed by atoms with Gasteiger partial charge in [0.15, 0.2) is 0 Å². The summed E-state index contributed by atoms with van der Waals surface area (Å²) in [5.41, 5.74) is 1.83. The second kappa shape index (κ2) is 3.61. The van der Waals surface area contributed by atoms with Gasteiger partial charge in [-0.25, -0.2) is 4.98 Å². The molecule has 0 N–H and O–H groups in total. The number of pyridine rings is 2. The number of rotatable bonds is 1. The number of aromatic nitrogens is 3. The second-order valence-corrected chi connectivity index (χ2v) is 3.83. The van der Waals surface area contributed by atoms with Crippen molar-refractivity contribution in [3.05, 3.63) is 54.1 Å². The summed E-state index contributed by atoms with van der Waals surface area (Å²) in [5.74, 6) is 0. The zero-order valence-electron chi connectivity index (χ0n) is 8.34. The lowest BCUT2D eigenvalue weighted by Crippen LogP contribution is -1.93. The van der Waals surface area contributed by atoms with E-state index in [-0.39, 0.29) is 0 Å². The molecule has 3 heterocycles. The van der Waals surface area contributed by atoms with Crippen molar-refractivity contribution < 1.29 is 0 Å². The molecule has 0 aliphatic heterocycles. The summed E-state index contributed by atoms with van der Waals surface area (Å²) in [7, 11) is 0. The maximum Gasteiger partial charge on any atom is 0.145 e. The van der Waals surface area contributed by atoms with Crippen LogP contribution in [0.3, 0.4) is 0 Å². The number of fused-ring (bicyclic) bond motifs is 1. The Hall–Kier alpha value is -1.87. The Morgan fingerprint density at radius 1 is 1.12 bits per heavy atom. The van der Waals surface area contributed by atoms with Crippen molar-refractivity contribution in [2.75, 3.05) is 0 Å². The van der Waals surface area contributed by atoms with Gasteiger partial charge in [-0.3, -0.25) is 9.55 Å². The van der Waals surface area contributed by atoms with Gasteiger partial charge in [-0.2, -0.15) is 0 Å². The van der Waals surface area contributed by atoms with Crippen LogP contribution in [0.25, 0.3) is 16.7 Å². The van der Waals surface area contributed by atoms with Crippen LogP contribution in [0.4, 0.5) is 0 Å². The summed E-state index contributed by atoms with van der Waals surface area (Å²) < 4.78 is 1.97. The number of nitrogens with zero attached hydrogens (tertiary/aromatic N) is 3. The molecular formula is C12H8ClN3. The molecule has 78 valence electrons. The average molecular weight is 230 g/mol. The molecule has 0 aromatic carbocycles. The first-order valence-corrected chi connectivity index (χ1v) is 5.26. The standard InChI is InChI=1S/C12H8ClN3/c13-11-3-6-15-12-10(11)4-7-16(12)9-2-1-5-14-8-9/h1-8H. The van der Waals surface area contributed by atoms with Crippen LogP contribution in [0.2, 0.25) is 5.02 Å². The molecule has 0 radical (unpaired) electrons. The summed E-state index contributed by atoms with van der Waals surface area (Å²) in [6.07, 6.45) is 7.19. The highest BCUT2D eigenvalue weighted by Crippen LogP contribution is 2.24. The molecule has 3 aromatic heterocycles. The smallest absolute Gasteiger partial charge is 0.145 e. The summed E-state index contributed by atoms with van der Waals surface area (Å²) in [4.78, 5) is 8.42. The third kappa shape index (κ3) is 1.37. The van der Waals surface area contributed by atoms with E-state index in [1.807, 2.05) is 29.0 Å². The van der Waals surface area contributed by atoms with Gasteiger partial charge in [-0.05, 0) is 24.3 Å². The Morgan fingerprint density at radius 3 is 2.88 bits per heavy atom. The molecule has 4 heteroatoms. The highest BCUT2D eigenvalue weighted by Gasteiger charge is 2.06. The van der Waals surface area contributed by atoms with Gasteiger partial charge in [-0.1, -0.05) is 11.6 Å². The highest BCUT2D eigenvalue weighted by molar-refractivity contribution is 6.35. The summed E-state index contributed by atoms with van der Waals surface area (Å²) in [6, 6.07) is 7.62. The molecule has 0 saturated heterocycles. The lowest BCUT2D eigenvalue weighted by Gasteiger charge is -2.03. The van der Waals surface area contributed by atoms with Crippen molar-refractivity contribution in [1.82, 2.24) is 14.5 Å². The van der Waals surface area contributed by atoms with Crippen LogP contribution < -0.4 is 0 Å². The number of hydrogen-bond acceptors (Lipinski definition) is 2. The van der Waals surface area contributed by atoms with Gasteiger partial charge in [-0.15, -0.1) is 0 Å². The van der Waals surface area contributed by atoms with Crippen molar-refractivity contribution in [2.45, 2.75) is 0 Å². The molecule has 0 aliphatic carbocycles. The summed E-state index contributed by atoms with van der Waals surface area (Å²) in [5, 5.41) is 1.67. The lowest BCUT2D eigenvalue weighted by molar-refractivity contribution is 1.07. The molecule has 16 heavy (non-hydrogen) atoms. The van der Waals surface area contributed by atoms with Gasteiger partial charge >= 0.3 is 0 Å². The van der Waals surface area contributed by atoms with E-state index in [2.05, 4.69) is 9.97 Å². The van der Waals surface area contributed by atoms with Crippen molar-refractivity contribution >= 4 is 22.6 Å². The fraction of sp³-hybridized carbons (Fsp3) is 0. The summed E-state index contributed by atoms with van der Waals surface area (Å²) in [6.45, 7) is 0. The Balaban J connectivity index is 2.30. The minimum absolute atomic E-state index is 0.715. The van der Waals surface area contributed by atoms with Crippen LogP contribution >= 0.6 is 11.6 Å².